The van der Waals surface area contributed by atoms with Gasteiger partial charge in [-0.1, -0.05) is 6.07 Å². The summed E-state index contributed by atoms with van der Waals surface area (Å²) in [7, 11) is 0. The quantitative estimate of drug-likeness (QED) is 0.680. The number of nitrogens with one attached hydrogen (secondary N) is 1. The normalized spacial score (nSPS) is 11.7. The topological polar surface area (TPSA) is 37.3 Å². The monoisotopic (exact) mass is 265 g/mol. The van der Waals surface area contributed by atoms with Crippen LogP contribution in [0, 0.1) is 0 Å². The van der Waals surface area contributed by atoms with Gasteiger partial charge in [-0.05, 0) is 36.4 Å². The van der Waals surface area contributed by atoms with E-state index in [1.54, 1.807) is 18.3 Å². The van der Waals surface area contributed by atoms with Crippen LogP contribution >= 0.6 is 0 Å². The van der Waals surface area contributed by atoms with Crippen LogP contribution < -0.4 is 5.43 Å². The predicted molar refractivity (Wildman–Crippen MR) is 66.9 cm³/mol. The Hall–Kier alpha value is -2.37. The van der Waals surface area contributed by atoms with Crippen LogP contribution in [0.4, 0.5) is 18.9 Å². The first-order chi connectivity index (χ1) is 9.05. The van der Waals surface area contributed by atoms with Crippen molar-refractivity contribution in [2.24, 2.45) is 5.10 Å². The summed E-state index contributed by atoms with van der Waals surface area (Å²) in [5.41, 5.74) is 3.07. The summed E-state index contributed by atoms with van der Waals surface area (Å²) in [5.74, 6) is 0. The average Bonchev–Trinajstić information content (AvgIpc) is 2.39. The highest BCUT2D eigenvalue weighted by Gasteiger charge is 2.29. The molecule has 19 heavy (non-hydrogen) atoms. The molecule has 1 aromatic carbocycles. The van der Waals surface area contributed by atoms with E-state index in [0.29, 0.717) is 11.4 Å². The van der Waals surface area contributed by atoms with Gasteiger partial charge in [0.15, 0.2) is 0 Å². The van der Waals surface area contributed by atoms with Gasteiger partial charge in [-0.3, -0.25) is 10.4 Å². The number of halogens is 3. The summed E-state index contributed by atoms with van der Waals surface area (Å²) in [6.45, 7) is 0. The lowest BCUT2D eigenvalue weighted by Gasteiger charge is -2.06. The summed E-state index contributed by atoms with van der Waals surface area (Å²) in [4.78, 5) is 4.02. The number of hydrogen-bond donors (Lipinski definition) is 1. The number of hydrogen-bond acceptors (Lipinski definition) is 3. The molecule has 0 saturated carbocycles. The van der Waals surface area contributed by atoms with Gasteiger partial charge >= 0.3 is 6.18 Å². The van der Waals surface area contributed by atoms with E-state index in [9.17, 15) is 13.2 Å². The molecular weight excluding hydrogens is 255 g/mol. The Morgan fingerprint density at radius 3 is 2.37 bits per heavy atom. The molecule has 0 unspecified atom stereocenters. The Morgan fingerprint density at radius 2 is 1.79 bits per heavy atom. The van der Waals surface area contributed by atoms with Gasteiger partial charge in [-0.15, -0.1) is 0 Å². The van der Waals surface area contributed by atoms with Crippen molar-refractivity contribution in [2.45, 2.75) is 6.18 Å². The Bertz CT molecular complexity index is 548. The Labute approximate surface area is 107 Å². The first-order valence-corrected chi connectivity index (χ1v) is 5.43. The summed E-state index contributed by atoms with van der Waals surface area (Å²) in [5, 5.41) is 3.88. The molecule has 0 atom stereocenters. The van der Waals surface area contributed by atoms with E-state index in [2.05, 4.69) is 15.5 Å². The molecule has 0 fully saturated rings. The number of pyridine rings is 1. The second kappa shape index (κ2) is 5.51. The minimum absolute atomic E-state index is 0.472. The third kappa shape index (κ3) is 3.80. The molecule has 0 amide bonds. The number of nitrogens with zero attached hydrogens (tertiary/aromatic N) is 2. The number of anilines is 1. The van der Waals surface area contributed by atoms with Crippen molar-refractivity contribution in [3.05, 3.63) is 59.9 Å². The molecule has 0 bridgehead atoms. The highest BCUT2D eigenvalue weighted by atomic mass is 19.4. The van der Waals surface area contributed by atoms with E-state index in [1.807, 2.05) is 6.07 Å². The fourth-order valence-electron chi connectivity index (χ4n) is 1.36. The number of rotatable bonds is 3. The highest BCUT2D eigenvalue weighted by molar-refractivity contribution is 5.77. The molecule has 6 heteroatoms. The first kappa shape index (κ1) is 13.1. The molecule has 1 heterocycles. The van der Waals surface area contributed by atoms with Crippen LogP contribution in [0.5, 0.6) is 0 Å². The molecule has 2 aromatic rings. The van der Waals surface area contributed by atoms with Gasteiger partial charge in [0.1, 0.15) is 0 Å². The molecule has 1 N–H and O–H groups in total. The van der Waals surface area contributed by atoms with Crippen molar-refractivity contribution >= 4 is 11.9 Å². The number of aromatic nitrogens is 1. The van der Waals surface area contributed by atoms with E-state index >= 15 is 0 Å². The smallest absolute Gasteiger partial charge is 0.278 e. The summed E-state index contributed by atoms with van der Waals surface area (Å²) in [6, 6.07) is 9.99. The Kier molecular flexibility index (Phi) is 3.79. The minimum Gasteiger partial charge on any atom is -0.278 e. The fourth-order valence-corrected chi connectivity index (χ4v) is 1.36. The van der Waals surface area contributed by atoms with Crippen LogP contribution in [0.15, 0.2) is 53.8 Å². The largest absolute Gasteiger partial charge is 0.416 e. The molecule has 0 aliphatic carbocycles. The second-order valence-electron chi connectivity index (χ2n) is 3.70. The van der Waals surface area contributed by atoms with Gasteiger partial charge < -0.3 is 0 Å². The summed E-state index contributed by atoms with van der Waals surface area (Å²) in [6.07, 6.45) is -1.22. The molecule has 0 aliphatic rings. The van der Waals surface area contributed by atoms with Gasteiger partial charge in [-0.25, -0.2) is 0 Å². The lowest BCUT2D eigenvalue weighted by molar-refractivity contribution is -0.137. The number of alkyl halides is 3. The molecule has 3 nitrogen and oxygen atoms in total. The van der Waals surface area contributed by atoms with E-state index in [4.69, 9.17) is 0 Å². The maximum Gasteiger partial charge on any atom is 0.416 e. The molecule has 0 saturated heterocycles. The first-order valence-electron chi connectivity index (χ1n) is 5.43. The molecule has 0 radical (unpaired) electrons. The predicted octanol–water partition coefficient (Wildman–Crippen LogP) is 3.55. The molecular formula is C13H10F3N3. The van der Waals surface area contributed by atoms with Crippen LogP contribution in [0.2, 0.25) is 0 Å². The second-order valence-corrected chi connectivity index (χ2v) is 3.70. The van der Waals surface area contributed by atoms with Gasteiger partial charge in [0.05, 0.1) is 23.2 Å². The van der Waals surface area contributed by atoms with Crippen LogP contribution in [0.25, 0.3) is 0 Å². The van der Waals surface area contributed by atoms with E-state index < -0.39 is 11.7 Å². The number of hydrazone groups is 1. The Morgan fingerprint density at radius 1 is 1.05 bits per heavy atom. The van der Waals surface area contributed by atoms with Crippen LogP contribution in [0.3, 0.4) is 0 Å². The third-order valence-electron chi connectivity index (χ3n) is 2.29. The van der Waals surface area contributed by atoms with Gasteiger partial charge in [0.2, 0.25) is 0 Å². The van der Waals surface area contributed by atoms with E-state index in [1.165, 1.54) is 18.3 Å². The van der Waals surface area contributed by atoms with Crippen molar-refractivity contribution < 1.29 is 13.2 Å². The standard InChI is InChI=1S/C13H10F3N3/c14-13(15,16)10-4-6-11(7-5-10)19-18-9-12-3-1-2-8-17-12/h1-9,19H. The van der Waals surface area contributed by atoms with Gasteiger partial charge in [0, 0.05) is 6.20 Å². The van der Waals surface area contributed by atoms with Crippen LogP contribution in [-0.2, 0) is 6.18 Å². The molecule has 0 spiro atoms. The van der Waals surface area contributed by atoms with E-state index in [0.717, 1.165) is 12.1 Å². The fraction of sp³-hybridized carbons (Fsp3) is 0.0769. The van der Waals surface area contributed by atoms with Crippen molar-refractivity contribution in [3.63, 3.8) is 0 Å². The van der Waals surface area contributed by atoms with Gasteiger partial charge in [0.25, 0.3) is 0 Å². The van der Waals surface area contributed by atoms with Crippen molar-refractivity contribution in [2.75, 3.05) is 5.43 Å². The van der Waals surface area contributed by atoms with Crippen LogP contribution in [0.1, 0.15) is 11.3 Å². The van der Waals surface area contributed by atoms with Crippen molar-refractivity contribution in [1.82, 2.24) is 4.98 Å². The van der Waals surface area contributed by atoms with E-state index in [-0.39, 0.29) is 0 Å². The van der Waals surface area contributed by atoms with Crippen LogP contribution in [-0.4, -0.2) is 11.2 Å². The highest BCUT2D eigenvalue weighted by Crippen LogP contribution is 2.29. The Balaban J connectivity index is 1.99. The van der Waals surface area contributed by atoms with Gasteiger partial charge in [-0.2, -0.15) is 18.3 Å². The molecule has 2 rings (SSSR count). The molecule has 98 valence electrons. The lowest BCUT2D eigenvalue weighted by atomic mass is 10.2. The zero-order valence-corrected chi connectivity index (χ0v) is 9.72. The third-order valence-corrected chi connectivity index (χ3v) is 2.29. The van der Waals surface area contributed by atoms with Crippen molar-refractivity contribution in [3.8, 4) is 0 Å². The molecule has 0 aliphatic heterocycles. The van der Waals surface area contributed by atoms with Crippen molar-refractivity contribution in [1.29, 1.82) is 0 Å². The number of benzene rings is 1. The maximum absolute atomic E-state index is 12.3. The molecule has 1 aromatic heterocycles. The zero-order valence-electron chi connectivity index (χ0n) is 9.72. The minimum atomic E-state index is -4.32. The maximum atomic E-state index is 12.3. The SMILES string of the molecule is FC(F)(F)c1ccc(NN=Cc2ccccn2)cc1. The zero-order chi connectivity index (χ0) is 13.7. The summed E-state index contributed by atoms with van der Waals surface area (Å²) < 4.78 is 37.0. The summed E-state index contributed by atoms with van der Waals surface area (Å²) >= 11 is 0. The average molecular weight is 265 g/mol. The lowest BCUT2D eigenvalue weighted by Crippen LogP contribution is -2.04.